The Morgan fingerprint density at radius 1 is 1.44 bits per heavy atom. The maximum atomic E-state index is 12.8. The van der Waals surface area contributed by atoms with Crippen molar-refractivity contribution < 1.29 is 14.0 Å². The second-order valence-corrected chi connectivity index (χ2v) is 4.30. The van der Waals surface area contributed by atoms with Crippen molar-refractivity contribution in [1.82, 2.24) is 5.32 Å². The molecule has 1 heterocycles. The number of nitrogens with zero attached hydrogens (tertiary/aromatic N) is 1. The molecule has 1 saturated heterocycles. The van der Waals surface area contributed by atoms with Gasteiger partial charge in [0.1, 0.15) is 5.82 Å². The Morgan fingerprint density at radius 2 is 2.11 bits per heavy atom. The Hall–Kier alpha value is -1.91. The molecule has 0 saturated carbocycles. The van der Waals surface area contributed by atoms with E-state index in [-0.39, 0.29) is 23.7 Å². The van der Waals surface area contributed by atoms with Gasteiger partial charge >= 0.3 is 0 Å². The van der Waals surface area contributed by atoms with Crippen molar-refractivity contribution in [3.05, 3.63) is 30.1 Å². The highest BCUT2D eigenvalue weighted by molar-refractivity contribution is 5.96. The molecule has 1 aliphatic heterocycles. The SMILES string of the molecule is CCC(=O)N[C@H]1CC(=O)N(c2ccc(F)cc2)C1. The van der Waals surface area contributed by atoms with Crippen LogP contribution in [-0.4, -0.2) is 24.4 Å². The molecule has 1 aromatic carbocycles. The first-order chi connectivity index (χ1) is 8.60. The average Bonchev–Trinajstić information content (AvgIpc) is 2.71. The number of amides is 2. The van der Waals surface area contributed by atoms with Crippen molar-refractivity contribution in [1.29, 1.82) is 0 Å². The fourth-order valence-electron chi connectivity index (χ4n) is 2.00. The van der Waals surface area contributed by atoms with E-state index in [0.29, 0.717) is 25.1 Å². The summed E-state index contributed by atoms with van der Waals surface area (Å²) in [7, 11) is 0. The Morgan fingerprint density at radius 3 is 2.72 bits per heavy atom. The molecular formula is C13H15FN2O2. The van der Waals surface area contributed by atoms with Crippen LogP contribution in [-0.2, 0) is 9.59 Å². The van der Waals surface area contributed by atoms with Crippen molar-refractivity contribution in [2.45, 2.75) is 25.8 Å². The van der Waals surface area contributed by atoms with Gasteiger partial charge in [-0.25, -0.2) is 4.39 Å². The summed E-state index contributed by atoms with van der Waals surface area (Å²) in [5.41, 5.74) is 0.662. The Kier molecular flexibility index (Phi) is 3.60. The van der Waals surface area contributed by atoms with Gasteiger partial charge in [-0.05, 0) is 24.3 Å². The first kappa shape index (κ1) is 12.5. The second-order valence-electron chi connectivity index (χ2n) is 4.30. The molecule has 1 fully saturated rings. The summed E-state index contributed by atoms with van der Waals surface area (Å²) in [6, 6.07) is 5.62. The molecule has 1 N–H and O–H groups in total. The van der Waals surface area contributed by atoms with Crippen molar-refractivity contribution >= 4 is 17.5 Å². The average molecular weight is 250 g/mol. The van der Waals surface area contributed by atoms with Crippen molar-refractivity contribution in [2.24, 2.45) is 0 Å². The van der Waals surface area contributed by atoms with Crippen LogP contribution in [0.25, 0.3) is 0 Å². The molecule has 1 aliphatic rings. The minimum atomic E-state index is -0.332. The zero-order chi connectivity index (χ0) is 13.1. The fraction of sp³-hybridized carbons (Fsp3) is 0.385. The van der Waals surface area contributed by atoms with Crippen LogP contribution in [0.4, 0.5) is 10.1 Å². The predicted octanol–water partition coefficient (Wildman–Crippen LogP) is 1.46. The number of hydrogen-bond donors (Lipinski definition) is 1. The van der Waals surface area contributed by atoms with Gasteiger partial charge in [-0.3, -0.25) is 9.59 Å². The highest BCUT2D eigenvalue weighted by atomic mass is 19.1. The molecule has 18 heavy (non-hydrogen) atoms. The van der Waals surface area contributed by atoms with Crippen LogP contribution >= 0.6 is 0 Å². The molecule has 4 nitrogen and oxygen atoms in total. The summed E-state index contributed by atoms with van der Waals surface area (Å²) in [6.07, 6.45) is 0.699. The molecule has 0 unspecified atom stereocenters. The number of halogens is 1. The monoisotopic (exact) mass is 250 g/mol. The summed E-state index contributed by atoms with van der Waals surface area (Å²) in [4.78, 5) is 24.7. The lowest BCUT2D eigenvalue weighted by molar-refractivity contribution is -0.121. The number of rotatable bonds is 3. The van der Waals surface area contributed by atoms with E-state index < -0.39 is 0 Å². The highest BCUT2D eigenvalue weighted by Crippen LogP contribution is 2.21. The number of benzene rings is 1. The summed E-state index contributed by atoms with van der Waals surface area (Å²) >= 11 is 0. The van der Waals surface area contributed by atoms with Crippen LogP contribution in [0.1, 0.15) is 19.8 Å². The first-order valence-corrected chi connectivity index (χ1v) is 5.95. The summed E-state index contributed by atoms with van der Waals surface area (Å²) in [5, 5.41) is 2.79. The van der Waals surface area contributed by atoms with Gasteiger partial charge in [-0.15, -0.1) is 0 Å². The van der Waals surface area contributed by atoms with Gasteiger partial charge in [0, 0.05) is 25.1 Å². The quantitative estimate of drug-likeness (QED) is 0.882. The normalized spacial score (nSPS) is 19.1. The predicted molar refractivity (Wildman–Crippen MR) is 65.6 cm³/mol. The summed E-state index contributed by atoms with van der Waals surface area (Å²) in [5.74, 6) is -0.446. The highest BCUT2D eigenvalue weighted by Gasteiger charge is 2.31. The molecule has 0 spiro atoms. The van der Waals surface area contributed by atoms with Gasteiger partial charge in [-0.1, -0.05) is 6.92 Å². The van der Waals surface area contributed by atoms with Gasteiger partial charge in [0.2, 0.25) is 11.8 Å². The van der Waals surface area contributed by atoms with Crippen LogP contribution in [0.2, 0.25) is 0 Å². The third kappa shape index (κ3) is 2.67. The molecule has 2 amide bonds. The first-order valence-electron chi connectivity index (χ1n) is 5.95. The number of nitrogens with one attached hydrogen (secondary N) is 1. The van der Waals surface area contributed by atoms with E-state index in [0.717, 1.165) is 0 Å². The lowest BCUT2D eigenvalue weighted by Gasteiger charge is -2.17. The van der Waals surface area contributed by atoms with Crippen LogP contribution in [0.5, 0.6) is 0 Å². The smallest absolute Gasteiger partial charge is 0.229 e. The van der Waals surface area contributed by atoms with Gasteiger partial charge < -0.3 is 10.2 Å². The molecular weight excluding hydrogens is 235 g/mol. The standard InChI is InChI=1S/C13H15FN2O2/c1-2-12(17)15-10-7-13(18)16(8-10)11-5-3-9(14)4-6-11/h3-6,10H,2,7-8H2,1H3,(H,15,17)/t10-/m0/s1. The number of carbonyl (C=O) groups is 2. The topological polar surface area (TPSA) is 49.4 Å². The van der Waals surface area contributed by atoms with Crippen LogP contribution < -0.4 is 10.2 Å². The van der Waals surface area contributed by atoms with Crippen molar-refractivity contribution in [3.63, 3.8) is 0 Å². The zero-order valence-electron chi connectivity index (χ0n) is 10.1. The van der Waals surface area contributed by atoms with E-state index in [1.54, 1.807) is 24.0 Å². The second kappa shape index (κ2) is 5.16. The maximum Gasteiger partial charge on any atom is 0.229 e. The molecule has 1 atom stereocenters. The lowest BCUT2D eigenvalue weighted by Crippen LogP contribution is -2.36. The Labute approximate surface area is 105 Å². The fourth-order valence-corrected chi connectivity index (χ4v) is 2.00. The van der Waals surface area contributed by atoms with Gasteiger partial charge in [0.15, 0.2) is 0 Å². The number of carbonyl (C=O) groups excluding carboxylic acids is 2. The molecule has 0 bridgehead atoms. The zero-order valence-corrected chi connectivity index (χ0v) is 10.1. The van der Waals surface area contributed by atoms with Crippen LogP contribution in [0.3, 0.4) is 0 Å². The minimum Gasteiger partial charge on any atom is -0.351 e. The van der Waals surface area contributed by atoms with E-state index in [2.05, 4.69) is 5.32 Å². The van der Waals surface area contributed by atoms with E-state index >= 15 is 0 Å². The van der Waals surface area contributed by atoms with Gasteiger partial charge in [0.25, 0.3) is 0 Å². The largest absolute Gasteiger partial charge is 0.351 e. The van der Waals surface area contributed by atoms with E-state index in [1.807, 2.05) is 0 Å². The third-order valence-electron chi connectivity index (χ3n) is 2.95. The van der Waals surface area contributed by atoms with Crippen molar-refractivity contribution in [3.8, 4) is 0 Å². The van der Waals surface area contributed by atoms with E-state index in [1.165, 1.54) is 12.1 Å². The van der Waals surface area contributed by atoms with Crippen LogP contribution in [0.15, 0.2) is 24.3 Å². The van der Waals surface area contributed by atoms with E-state index in [9.17, 15) is 14.0 Å². The molecule has 5 heteroatoms. The minimum absolute atomic E-state index is 0.0528. The Bertz CT molecular complexity index is 459. The van der Waals surface area contributed by atoms with Gasteiger partial charge in [-0.2, -0.15) is 0 Å². The number of anilines is 1. The summed E-state index contributed by atoms with van der Waals surface area (Å²) < 4.78 is 12.8. The molecule has 0 aliphatic carbocycles. The third-order valence-corrected chi connectivity index (χ3v) is 2.95. The number of hydrogen-bond acceptors (Lipinski definition) is 2. The Balaban J connectivity index is 2.05. The van der Waals surface area contributed by atoms with Gasteiger partial charge in [0.05, 0.1) is 6.04 Å². The molecule has 1 aromatic rings. The van der Waals surface area contributed by atoms with Crippen molar-refractivity contribution in [2.75, 3.05) is 11.4 Å². The maximum absolute atomic E-state index is 12.8. The van der Waals surface area contributed by atoms with E-state index in [4.69, 9.17) is 0 Å². The lowest BCUT2D eigenvalue weighted by atomic mass is 10.2. The van der Waals surface area contributed by atoms with Crippen LogP contribution in [0, 0.1) is 5.82 Å². The molecule has 96 valence electrons. The summed E-state index contributed by atoms with van der Waals surface area (Å²) in [6.45, 7) is 2.21. The molecule has 0 aromatic heterocycles. The molecule has 2 rings (SSSR count). The molecule has 0 radical (unpaired) electrons.